The van der Waals surface area contributed by atoms with Gasteiger partial charge >= 0.3 is 0 Å². The Morgan fingerprint density at radius 2 is 2.07 bits per heavy atom. The third kappa shape index (κ3) is 3.02. The highest BCUT2D eigenvalue weighted by Crippen LogP contribution is 2.24. The first-order valence-electron chi connectivity index (χ1n) is 5.89. The van der Waals surface area contributed by atoms with Gasteiger partial charge in [0.05, 0.1) is 10.7 Å². The van der Waals surface area contributed by atoms with E-state index in [1.165, 1.54) is 47.8 Å². The third-order valence-corrected chi connectivity index (χ3v) is 4.13. The smallest absolute Gasteiger partial charge is 0.0900 e. The topological polar surface area (TPSA) is 24.9 Å². The van der Waals surface area contributed by atoms with Crippen LogP contribution in [-0.2, 0) is 6.54 Å². The van der Waals surface area contributed by atoms with Gasteiger partial charge in [-0.25, -0.2) is 4.98 Å². The molecule has 0 radical (unpaired) electrons. The Morgan fingerprint density at radius 3 is 2.67 bits per heavy atom. The van der Waals surface area contributed by atoms with Crippen molar-refractivity contribution in [3.63, 3.8) is 0 Å². The Labute approximate surface area is 96.1 Å². The minimum atomic E-state index is 0.921. The minimum Gasteiger partial charge on any atom is -0.311 e. The zero-order valence-corrected chi connectivity index (χ0v) is 10.5. The SMILES string of the molecule is Cc1nc(CNCC2CCCC2)c(C)s1. The molecule has 1 fully saturated rings. The van der Waals surface area contributed by atoms with Crippen LogP contribution in [-0.4, -0.2) is 11.5 Å². The van der Waals surface area contributed by atoms with Crippen molar-refractivity contribution in [2.75, 3.05) is 6.54 Å². The molecule has 1 saturated carbocycles. The van der Waals surface area contributed by atoms with Gasteiger partial charge in [-0.3, -0.25) is 0 Å². The van der Waals surface area contributed by atoms with Crippen molar-refractivity contribution in [3.05, 3.63) is 15.6 Å². The summed E-state index contributed by atoms with van der Waals surface area (Å²) in [7, 11) is 0. The average molecular weight is 224 g/mol. The fraction of sp³-hybridized carbons (Fsp3) is 0.750. The van der Waals surface area contributed by atoms with E-state index in [1.54, 1.807) is 11.3 Å². The second kappa shape index (κ2) is 5.08. The Morgan fingerprint density at radius 1 is 1.33 bits per heavy atom. The molecule has 1 aliphatic carbocycles. The summed E-state index contributed by atoms with van der Waals surface area (Å²) in [6.45, 7) is 6.37. The van der Waals surface area contributed by atoms with Gasteiger partial charge in [0.25, 0.3) is 0 Å². The molecule has 0 unspecified atom stereocenters. The lowest BCUT2D eigenvalue weighted by Gasteiger charge is -2.09. The van der Waals surface area contributed by atoms with Crippen molar-refractivity contribution in [3.8, 4) is 0 Å². The van der Waals surface area contributed by atoms with Crippen molar-refractivity contribution in [2.24, 2.45) is 5.92 Å². The normalized spacial score (nSPS) is 17.5. The molecular formula is C12H20N2S. The van der Waals surface area contributed by atoms with Crippen molar-refractivity contribution in [1.82, 2.24) is 10.3 Å². The van der Waals surface area contributed by atoms with Crippen LogP contribution in [0.15, 0.2) is 0 Å². The summed E-state index contributed by atoms with van der Waals surface area (Å²) in [6.07, 6.45) is 5.70. The average Bonchev–Trinajstić information content (AvgIpc) is 2.77. The van der Waals surface area contributed by atoms with Gasteiger partial charge in [-0.05, 0) is 39.2 Å². The molecule has 1 N–H and O–H groups in total. The van der Waals surface area contributed by atoms with Crippen molar-refractivity contribution in [1.29, 1.82) is 0 Å². The van der Waals surface area contributed by atoms with Crippen LogP contribution in [0.4, 0.5) is 0 Å². The fourth-order valence-electron chi connectivity index (χ4n) is 2.35. The molecule has 0 bridgehead atoms. The summed E-state index contributed by atoms with van der Waals surface area (Å²) in [5.41, 5.74) is 1.25. The lowest BCUT2D eigenvalue weighted by atomic mass is 10.1. The van der Waals surface area contributed by atoms with E-state index in [-0.39, 0.29) is 0 Å². The number of nitrogens with zero attached hydrogens (tertiary/aromatic N) is 1. The number of thiazole rings is 1. The van der Waals surface area contributed by atoms with Gasteiger partial charge in [-0.1, -0.05) is 12.8 Å². The predicted octanol–water partition coefficient (Wildman–Crippen LogP) is 3.04. The van der Waals surface area contributed by atoms with Crippen LogP contribution >= 0.6 is 11.3 Å². The summed E-state index contributed by atoms with van der Waals surface area (Å²) in [6, 6.07) is 0. The van der Waals surface area contributed by atoms with Crippen molar-refractivity contribution < 1.29 is 0 Å². The van der Waals surface area contributed by atoms with Crippen LogP contribution in [0.3, 0.4) is 0 Å². The maximum absolute atomic E-state index is 4.53. The first-order chi connectivity index (χ1) is 7.25. The number of hydrogen-bond acceptors (Lipinski definition) is 3. The zero-order chi connectivity index (χ0) is 10.7. The molecule has 84 valence electrons. The van der Waals surface area contributed by atoms with E-state index in [9.17, 15) is 0 Å². The number of nitrogens with one attached hydrogen (secondary N) is 1. The Kier molecular flexibility index (Phi) is 3.76. The van der Waals surface area contributed by atoms with E-state index in [4.69, 9.17) is 0 Å². The van der Waals surface area contributed by atoms with E-state index >= 15 is 0 Å². The molecule has 0 saturated heterocycles. The molecule has 0 aromatic carbocycles. The van der Waals surface area contributed by atoms with Gasteiger partial charge < -0.3 is 5.32 Å². The molecule has 3 heteroatoms. The standard InChI is InChI=1S/C12H20N2S/c1-9-12(14-10(2)15-9)8-13-7-11-5-3-4-6-11/h11,13H,3-8H2,1-2H3. The molecular weight excluding hydrogens is 204 g/mol. The molecule has 1 aromatic heterocycles. The van der Waals surface area contributed by atoms with E-state index in [0.717, 1.165) is 12.5 Å². The Hall–Kier alpha value is -0.410. The first-order valence-corrected chi connectivity index (χ1v) is 6.71. The van der Waals surface area contributed by atoms with Gasteiger partial charge in [0.15, 0.2) is 0 Å². The fourth-order valence-corrected chi connectivity index (χ4v) is 3.18. The number of aryl methyl sites for hydroxylation is 2. The van der Waals surface area contributed by atoms with Crippen LogP contribution in [0.1, 0.15) is 41.3 Å². The van der Waals surface area contributed by atoms with E-state index < -0.39 is 0 Å². The number of rotatable bonds is 4. The minimum absolute atomic E-state index is 0.921. The highest BCUT2D eigenvalue weighted by molar-refractivity contribution is 7.11. The maximum atomic E-state index is 4.53. The molecule has 0 amide bonds. The highest BCUT2D eigenvalue weighted by Gasteiger charge is 2.14. The molecule has 0 aliphatic heterocycles. The molecule has 0 atom stereocenters. The van der Waals surface area contributed by atoms with Gasteiger partial charge in [-0.15, -0.1) is 11.3 Å². The Bertz CT molecular complexity index is 313. The molecule has 1 aliphatic rings. The van der Waals surface area contributed by atoms with Crippen LogP contribution in [0.5, 0.6) is 0 Å². The predicted molar refractivity (Wildman–Crippen MR) is 65.3 cm³/mol. The van der Waals surface area contributed by atoms with Gasteiger partial charge in [-0.2, -0.15) is 0 Å². The van der Waals surface area contributed by atoms with E-state index in [2.05, 4.69) is 24.1 Å². The molecule has 1 heterocycles. The maximum Gasteiger partial charge on any atom is 0.0900 e. The summed E-state index contributed by atoms with van der Waals surface area (Å²) < 4.78 is 0. The third-order valence-electron chi connectivity index (χ3n) is 3.20. The molecule has 2 rings (SSSR count). The number of aromatic nitrogens is 1. The summed E-state index contributed by atoms with van der Waals surface area (Å²) >= 11 is 1.80. The van der Waals surface area contributed by atoms with Gasteiger partial charge in [0.2, 0.25) is 0 Å². The van der Waals surface area contributed by atoms with E-state index in [0.29, 0.717) is 0 Å². The van der Waals surface area contributed by atoms with E-state index in [1.807, 2.05) is 0 Å². The largest absolute Gasteiger partial charge is 0.311 e. The molecule has 2 nitrogen and oxygen atoms in total. The van der Waals surface area contributed by atoms with Crippen LogP contribution in [0.2, 0.25) is 0 Å². The summed E-state index contributed by atoms with van der Waals surface area (Å²) in [4.78, 5) is 5.90. The van der Waals surface area contributed by atoms with Crippen LogP contribution in [0.25, 0.3) is 0 Å². The quantitative estimate of drug-likeness (QED) is 0.850. The van der Waals surface area contributed by atoms with Gasteiger partial charge in [0.1, 0.15) is 0 Å². The van der Waals surface area contributed by atoms with Gasteiger partial charge in [0, 0.05) is 11.4 Å². The first kappa shape index (κ1) is 11.1. The Balaban J connectivity index is 1.75. The second-order valence-electron chi connectivity index (χ2n) is 4.52. The number of hydrogen-bond donors (Lipinski definition) is 1. The molecule has 0 spiro atoms. The molecule has 15 heavy (non-hydrogen) atoms. The van der Waals surface area contributed by atoms with Crippen LogP contribution < -0.4 is 5.32 Å². The second-order valence-corrected chi connectivity index (χ2v) is 5.92. The zero-order valence-electron chi connectivity index (χ0n) is 9.68. The van der Waals surface area contributed by atoms with Crippen LogP contribution in [0, 0.1) is 19.8 Å². The summed E-state index contributed by atoms with van der Waals surface area (Å²) in [5, 5.41) is 4.73. The summed E-state index contributed by atoms with van der Waals surface area (Å²) in [5.74, 6) is 0.921. The monoisotopic (exact) mass is 224 g/mol. The lowest BCUT2D eigenvalue weighted by Crippen LogP contribution is -2.21. The molecule has 1 aromatic rings. The van der Waals surface area contributed by atoms with Crippen molar-refractivity contribution >= 4 is 11.3 Å². The lowest BCUT2D eigenvalue weighted by molar-refractivity contribution is 0.487. The van der Waals surface area contributed by atoms with Crippen molar-refractivity contribution in [2.45, 2.75) is 46.1 Å². The highest BCUT2D eigenvalue weighted by atomic mass is 32.1.